The molecule has 0 bridgehead atoms. The lowest BCUT2D eigenvalue weighted by atomic mass is 10.1. The molecule has 0 radical (unpaired) electrons. The van der Waals surface area contributed by atoms with Gasteiger partial charge in [-0.2, -0.15) is 0 Å². The molecule has 0 atom stereocenters. The summed E-state index contributed by atoms with van der Waals surface area (Å²) in [4.78, 5) is 11.3. The van der Waals surface area contributed by atoms with Gasteiger partial charge in [0.2, 0.25) is 0 Å². The second kappa shape index (κ2) is 4.04. The number of carbonyl (C=O) groups excluding carboxylic acids is 1. The molecule has 0 unspecified atom stereocenters. The van der Waals surface area contributed by atoms with E-state index in [1.165, 1.54) is 0 Å². The normalized spacial score (nSPS) is 11.2. The van der Waals surface area contributed by atoms with E-state index in [0.717, 1.165) is 17.9 Å². The van der Waals surface area contributed by atoms with Gasteiger partial charge in [-0.25, -0.2) is 0 Å². The predicted octanol–water partition coefficient (Wildman–Crippen LogP) is 2.13. The minimum atomic E-state index is 0.0612. The standard InChI is InChI=1S/C12H15N3O/c1-8(2)6-12-14-13-11-5-4-10(9(3)16)7-15(11)12/h4-5,7-8H,6H2,1-3H3. The molecule has 0 aromatic carbocycles. The van der Waals surface area contributed by atoms with Crippen LogP contribution in [0.2, 0.25) is 0 Å². The van der Waals surface area contributed by atoms with Gasteiger partial charge < -0.3 is 0 Å². The smallest absolute Gasteiger partial charge is 0.161 e. The Morgan fingerprint density at radius 2 is 2.12 bits per heavy atom. The first-order valence-corrected chi connectivity index (χ1v) is 5.42. The Labute approximate surface area is 94.3 Å². The van der Waals surface area contributed by atoms with Crippen LogP contribution in [0.25, 0.3) is 5.65 Å². The zero-order valence-corrected chi connectivity index (χ0v) is 9.77. The first-order valence-electron chi connectivity index (χ1n) is 5.42. The molecule has 2 aromatic rings. The summed E-state index contributed by atoms with van der Waals surface area (Å²) in [5, 5.41) is 8.21. The first kappa shape index (κ1) is 10.8. The molecule has 0 aliphatic rings. The predicted molar refractivity (Wildman–Crippen MR) is 61.5 cm³/mol. The van der Waals surface area contributed by atoms with Crippen LogP contribution in [0.4, 0.5) is 0 Å². The number of hydrogen-bond acceptors (Lipinski definition) is 3. The lowest BCUT2D eigenvalue weighted by Crippen LogP contribution is -2.02. The summed E-state index contributed by atoms with van der Waals surface area (Å²) in [7, 11) is 0. The number of hydrogen-bond donors (Lipinski definition) is 0. The summed E-state index contributed by atoms with van der Waals surface area (Å²) < 4.78 is 1.90. The highest BCUT2D eigenvalue weighted by Crippen LogP contribution is 2.10. The van der Waals surface area contributed by atoms with Gasteiger partial charge in [0, 0.05) is 18.2 Å². The molecular weight excluding hydrogens is 202 g/mol. The number of ketones is 1. The van der Waals surface area contributed by atoms with E-state index in [9.17, 15) is 4.79 Å². The maximum absolute atomic E-state index is 11.3. The molecule has 0 saturated carbocycles. The summed E-state index contributed by atoms with van der Waals surface area (Å²) in [5.41, 5.74) is 1.48. The Balaban J connectivity index is 2.51. The Hall–Kier alpha value is -1.71. The molecule has 0 saturated heterocycles. The van der Waals surface area contributed by atoms with Crippen LogP contribution in [0.5, 0.6) is 0 Å². The molecule has 16 heavy (non-hydrogen) atoms. The number of nitrogens with zero attached hydrogens (tertiary/aromatic N) is 3. The molecule has 2 rings (SSSR count). The van der Waals surface area contributed by atoms with Crippen LogP contribution in [-0.4, -0.2) is 20.4 Å². The highest BCUT2D eigenvalue weighted by Gasteiger charge is 2.09. The van der Waals surface area contributed by atoms with Crippen LogP contribution in [-0.2, 0) is 6.42 Å². The van der Waals surface area contributed by atoms with E-state index in [1.54, 1.807) is 13.0 Å². The van der Waals surface area contributed by atoms with Gasteiger partial charge in [0.1, 0.15) is 5.82 Å². The summed E-state index contributed by atoms with van der Waals surface area (Å²) in [5.74, 6) is 1.49. The monoisotopic (exact) mass is 217 g/mol. The zero-order valence-electron chi connectivity index (χ0n) is 9.77. The second-order valence-electron chi connectivity index (χ2n) is 4.42. The number of carbonyl (C=O) groups is 1. The van der Waals surface area contributed by atoms with Crippen molar-refractivity contribution < 1.29 is 4.79 Å². The van der Waals surface area contributed by atoms with Crippen LogP contribution in [0.15, 0.2) is 18.3 Å². The molecule has 0 aliphatic carbocycles. The topological polar surface area (TPSA) is 47.3 Å². The Bertz CT molecular complexity index is 528. The van der Waals surface area contributed by atoms with Crippen LogP contribution in [0.1, 0.15) is 37.0 Å². The summed E-state index contributed by atoms with van der Waals surface area (Å²) in [6, 6.07) is 3.61. The van der Waals surface area contributed by atoms with Crippen molar-refractivity contribution in [3.63, 3.8) is 0 Å². The molecule has 0 spiro atoms. The first-order chi connectivity index (χ1) is 7.58. The molecule has 0 fully saturated rings. The SMILES string of the molecule is CC(=O)c1ccc2nnc(CC(C)C)n2c1. The van der Waals surface area contributed by atoms with Crippen LogP contribution in [0, 0.1) is 5.92 Å². The van der Waals surface area contributed by atoms with E-state index in [1.807, 2.05) is 16.7 Å². The highest BCUT2D eigenvalue weighted by molar-refractivity contribution is 5.94. The average Bonchev–Trinajstić information content (AvgIpc) is 2.60. The minimum Gasteiger partial charge on any atom is -0.294 e. The molecular formula is C12H15N3O. The number of Topliss-reactive ketones (excluding diaryl/α,β-unsaturated/α-hetero) is 1. The number of rotatable bonds is 3. The maximum Gasteiger partial charge on any atom is 0.161 e. The second-order valence-corrected chi connectivity index (χ2v) is 4.42. The van der Waals surface area contributed by atoms with E-state index in [0.29, 0.717) is 11.5 Å². The largest absolute Gasteiger partial charge is 0.294 e. The third-order valence-electron chi connectivity index (χ3n) is 2.47. The summed E-state index contributed by atoms with van der Waals surface area (Å²) in [6.07, 6.45) is 2.68. The van der Waals surface area contributed by atoms with Crippen molar-refractivity contribution in [3.05, 3.63) is 29.7 Å². The lowest BCUT2D eigenvalue weighted by molar-refractivity contribution is 0.101. The number of aromatic nitrogens is 3. The minimum absolute atomic E-state index is 0.0612. The quantitative estimate of drug-likeness (QED) is 0.740. The van der Waals surface area contributed by atoms with Gasteiger partial charge in [-0.05, 0) is 25.0 Å². The van der Waals surface area contributed by atoms with Crippen molar-refractivity contribution in [1.82, 2.24) is 14.6 Å². The van der Waals surface area contributed by atoms with E-state index in [-0.39, 0.29) is 5.78 Å². The molecule has 0 amide bonds. The molecule has 84 valence electrons. The molecule has 0 N–H and O–H groups in total. The number of pyridine rings is 1. The number of fused-ring (bicyclic) bond motifs is 1. The average molecular weight is 217 g/mol. The van der Waals surface area contributed by atoms with Crippen LogP contribution in [0.3, 0.4) is 0 Å². The van der Waals surface area contributed by atoms with Gasteiger partial charge in [-0.1, -0.05) is 13.8 Å². The third-order valence-corrected chi connectivity index (χ3v) is 2.47. The van der Waals surface area contributed by atoms with Gasteiger partial charge >= 0.3 is 0 Å². The van der Waals surface area contributed by atoms with Crippen LogP contribution >= 0.6 is 0 Å². The van der Waals surface area contributed by atoms with Crippen molar-refractivity contribution in [2.24, 2.45) is 5.92 Å². The molecule has 0 aliphatic heterocycles. The Kier molecular flexibility index (Phi) is 2.73. The summed E-state index contributed by atoms with van der Waals surface area (Å²) in [6.45, 7) is 5.83. The van der Waals surface area contributed by atoms with E-state index >= 15 is 0 Å². The van der Waals surface area contributed by atoms with Crippen molar-refractivity contribution in [3.8, 4) is 0 Å². The van der Waals surface area contributed by atoms with E-state index < -0.39 is 0 Å². The molecule has 4 heteroatoms. The third kappa shape index (κ3) is 1.96. The fraction of sp³-hybridized carbons (Fsp3) is 0.417. The maximum atomic E-state index is 11.3. The van der Waals surface area contributed by atoms with Gasteiger partial charge in [0.05, 0.1) is 0 Å². The fourth-order valence-corrected chi connectivity index (χ4v) is 1.65. The lowest BCUT2D eigenvalue weighted by Gasteiger charge is -2.03. The highest BCUT2D eigenvalue weighted by atomic mass is 16.1. The van der Waals surface area contributed by atoms with Crippen LogP contribution < -0.4 is 0 Å². The van der Waals surface area contributed by atoms with E-state index in [4.69, 9.17) is 0 Å². The molecule has 2 aromatic heterocycles. The zero-order chi connectivity index (χ0) is 11.7. The van der Waals surface area contributed by atoms with Crippen molar-refractivity contribution >= 4 is 11.4 Å². The van der Waals surface area contributed by atoms with Gasteiger partial charge in [0.25, 0.3) is 0 Å². The molecule has 2 heterocycles. The Morgan fingerprint density at radius 3 is 2.75 bits per heavy atom. The van der Waals surface area contributed by atoms with Gasteiger partial charge in [0.15, 0.2) is 11.4 Å². The van der Waals surface area contributed by atoms with Crippen molar-refractivity contribution in [1.29, 1.82) is 0 Å². The van der Waals surface area contributed by atoms with Crippen molar-refractivity contribution in [2.75, 3.05) is 0 Å². The Morgan fingerprint density at radius 1 is 1.38 bits per heavy atom. The molecule has 4 nitrogen and oxygen atoms in total. The van der Waals surface area contributed by atoms with E-state index in [2.05, 4.69) is 24.0 Å². The van der Waals surface area contributed by atoms with Gasteiger partial charge in [-0.3, -0.25) is 9.20 Å². The summed E-state index contributed by atoms with van der Waals surface area (Å²) >= 11 is 0. The van der Waals surface area contributed by atoms with Crippen molar-refractivity contribution in [2.45, 2.75) is 27.2 Å². The fourth-order valence-electron chi connectivity index (χ4n) is 1.65. The van der Waals surface area contributed by atoms with Gasteiger partial charge in [-0.15, -0.1) is 10.2 Å².